The summed E-state index contributed by atoms with van der Waals surface area (Å²) in [6.07, 6.45) is 0. The van der Waals surface area contributed by atoms with Crippen molar-refractivity contribution in [2.75, 3.05) is 31.2 Å². The molecule has 2 rings (SSSR count). The molecule has 1 aliphatic heterocycles. The fourth-order valence-electron chi connectivity index (χ4n) is 1.79. The van der Waals surface area contributed by atoms with Crippen LogP contribution in [0.2, 0.25) is 0 Å². The lowest BCUT2D eigenvalue weighted by molar-refractivity contribution is 0.122. The maximum atomic E-state index is 5.34. The number of nitrogens with zero attached hydrogens (tertiary/aromatic N) is 1. The quantitative estimate of drug-likeness (QED) is 0.643. The van der Waals surface area contributed by atoms with E-state index in [2.05, 4.69) is 34.9 Å². The second-order valence-electron chi connectivity index (χ2n) is 3.49. The van der Waals surface area contributed by atoms with Crippen LogP contribution >= 0.6 is 0 Å². The Labute approximate surface area is 90.9 Å². The molecule has 0 spiro atoms. The van der Waals surface area contributed by atoms with Crippen LogP contribution in [0.1, 0.15) is 12.5 Å². The Hall–Kier alpha value is -1.46. The van der Waals surface area contributed by atoms with Gasteiger partial charge in [-0.2, -0.15) is 0 Å². The maximum Gasteiger partial charge on any atom is 0.0642 e. The van der Waals surface area contributed by atoms with Gasteiger partial charge in [-0.3, -0.25) is 0 Å². The van der Waals surface area contributed by atoms with Gasteiger partial charge in [-0.15, -0.1) is 5.92 Å². The van der Waals surface area contributed by atoms with Crippen LogP contribution in [0.4, 0.5) is 5.69 Å². The lowest BCUT2D eigenvalue weighted by atomic mass is 10.1. The molecule has 0 atom stereocenters. The molecule has 1 saturated heterocycles. The molecule has 2 nitrogen and oxygen atoms in total. The first-order valence-electron chi connectivity index (χ1n) is 5.26. The predicted octanol–water partition coefficient (Wildman–Crippen LogP) is 1.89. The van der Waals surface area contributed by atoms with Crippen molar-refractivity contribution in [3.05, 3.63) is 29.8 Å². The van der Waals surface area contributed by atoms with Gasteiger partial charge < -0.3 is 9.64 Å². The van der Waals surface area contributed by atoms with Gasteiger partial charge in [0.25, 0.3) is 0 Å². The Morgan fingerprint density at radius 1 is 1.20 bits per heavy atom. The highest BCUT2D eigenvalue weighted by Crippen LogP contribution is 2.20. The largest absolute Gasteiger partial charge is 0.378 e. The molecule has 0 aliphatic carbocycles. The number of benzene rings is 1. The Morgan fingerprint density at radius 2 is 1.93 bits per heavy atom. The number of ether oxygens (including phenoxy) is 1. The van der Waals surface area contributed by atoms with Crippen molar-refractivity contribution >= 4 is 5.69 Å². The first-order valence-corrected chi connectivity index (χ1v) is 5.26. The molecule has 2 heteroatoms. The summed E-state index contributed by atoms with van der Waals surface area (Å²) in [5.41, 5.74) is 2.34. The fraction of sp³-hybridized carbons (Fsp3) is 0.385. The maximum absolute atomic E-state index is 5.34. The Kier molecular flexibility index (Phi) is 3.26. The zero-order valence-corrected chi connectivity index (χ0v) is 8.99. The van der Waals surface area contributed by atoms with Gasteiger partial charge in [0.2, 0.25) is 0 Å². The van der Waals surface area contributed by atoms with E-state index in [9.17, 15) is 0 Å². The van der Waals surface area contributed by atoms with Gasteiger partial charge in [-0.05, 0) is 19.1 Å². The molecule has 15 heavy (non-hydrogen) atoms. The third-order valence-electron chi connectivity index (χ3n) is 2.52. The van der Waals surface area contributed by atoms with Gasteiger partial charge in [-0.1, -0.05) is 18.1 Å². The summed E-state index contributed by atoms with van der Waals surface area (Å²) in [6.45, 7) is 5.42. The van der Waals surface area contributed by atoms with Crippen molar-refractivity contribution in [1.82, 2.24) is 0 Å². The van der Waals surface area contributed by atoms with Crippen molar-refractivity contribution in [1.29, 1.82) is 0 Å². The minimum absolute atomic E-state index is 0.813. The number of hydrogen-bond donors (Lipinski definition) is 0. The molecule has 0 radical (unpaired) electrons. The van der Waals surface area contributed by atoms with Crippen LogP contribution in [0.5, 0.6) is 0 Å². The van der Waals surface area contributed by atoms with Crippen molar-refractivity contribution in [3.63, 3.8) is 0 Å². The lowest BCUT2D eigenvalue weighted by Gasteiger charge is -2.29. The Morgan fingerprint density at radius 3 is 2.67 bits per heavy atom. The summed E-state index contributed by atoms with van der Waals surface area (Å²) in [5, 5.41) is 0. The van der Waals surface area contributed by atoms with E-state index in [1.165, 1.54) is 5.69 Å². The number of para-hydroxylation sites is 1. The van der Waals surface area contributed by atoms with Crippen LogP contribution in [0.15, 0.2) is 24.3 Å². The van der Waals surface area contributed by atoms with E-state index in [0.29, 0.717) is 0 Å². The zero-order chi connectivity index (χ0) is 10.5. The average Bonchev–Trinajstić information content (AvgIpc) is 2.31. The molecule has 1 heterocycles. The van der Waals surface area contributed by atoms with Crippen LogP contribution in [-0.4, -0.2) is 26.3 Å². The predicted molar refractivity (Wildman–Crippen MR) is 62.0 cm³/mol. The SMILES string of the molecule is CC#Cc1ccccc1N1CCOCC1. The number of morpholine rings is 1. The van der Waals surface area contributed by atoms with Crippen LogP contribution in [0, 0.1) is 11.8 Å². The molecule has 1 fully saturated rings. The Balaban J connectivity index is 2.27. The normalized spacial score (nSPS) is 15.7. The highest BCUT2D eigenvalue weighted by molar-refractivity contribution is 5.60. The number of rotatable bonds is 1. The smallest absolute Gasteiger partial charge is 0.0642 e. The van der Waals surface area contributed by atoms with Crippen molar-refractivity contribution in [3.8, 4) is 11.8 Å². The van der Waals surface area contributed by atoms with Crippen LogP contribution in [-0.2, 0) is 4.74 Å². The van der Waals surface area contributed by atoms with E-state index in [4.69, 9.17) is 4.74 Å². The van der Waals surface area contributed by atoms with E-state index < -0.39 is 0 Å². The van der Waals surface area contributed by atoms with Gasteiger partial charge >= 0.3 is 0 Å². The van der Waals surface area contributed by atoms with Crippen molar-refractivity contribution in [2.24, 2.45) is 0 Å². The van der Waals surface area contributed by atoms with E-state index in [1.54, 1.807) is 0 Å². The van der Waals surface area contributed by atoms with Crippen molar-refractivity contribution in [2.45, 2.75) is 6.92 Å². The summed E-state index contributed by atoms with van der Waals surface area (Å²) in [4.78, 5) is 2.34. The first-order chi connectivity index (χ1) is 7.42. The molecule has 78 valence electrons. The summed E-state index contributed by atoms with van der Waals surface area (Å²) >= 11 is 0. The zero-order valence-electron chi connectivity index (χ0n) is 8.99. The molecule has 0 aromatic heterocycles. The highest BCUT2D eigenvalue weighted by atomic mass is 16.5. The summed E-state index contributed by atoms with van der Waals surface area (Å²) < 4.78 is 5.34. The lowest BCUT2D eigenvalue weighted by Crippen LogP contribution is -2.36. The molecule has 0 bridgehead atoms. The third-order valence-corrected chi connectivity index (χ3v) is 2.52. The van der Waals surface area contributed by atoms with E-state index in [-0.39, 0.29) is 0 Å². The third kappa shape index (κ3) is 2.31. The molecule has 0 saturated carbocycles. The minimum atomic E-state index is 0.813. The van der Waals surface area contributed by atoms with Gasteiger partial charge in [0.1, 0.15) is 0 Å². The van der Waals surface area contributed by atoms with Gasteiger partial charge in [-0.25, -0.2) is 0 Å². The summed E-state index contributed by atoms with van der Waals surface area (Å²) in [7, 11) is 0. The van der Waals surface area contributed by atoms with Gasteiger partial charge in [0.05, 0.1) is 18.9 Å². The van der Waals surface area contributed by atoms with E-state index in [0.717, 1.165) is 31.9 Å². The van der Waals surface area contributed by atoms with Crippen molar-refractivity contribution < 1.29 is 4.74 Å². The van der Waals surface area contributed by atoms with E-state index in [1.807, 2.05) is 13.0 Å². The van der Waals surface area contributed by atoms with E-state index >= 15 is 0 Å². The van der Waals surface area contributed by atoms with Gasteiger partial charge in [0, 0.05) is 18.7 Å². The molecule has 0 unspecified atom stereocenters. The second-order valence-corrected chi connectivity index (χ2v) is 3.49. The summed E-state index contributed by atoms with van der Waals surface area (Å²) in [5.74, 6) is 6.10. The first kappa shape index (κ1) is 10.1. The molecule has 0 N–H and O–H groups in total. The van der Waals surface area contributed by atoms with Crippen LogP contribution in [0.25, 0.3) is 0 Å². The number of anilines is 1. The summed E-state index contributed by atoms with van der Waals surface area (Å²) in [6, 6.07) is 8.29. The molecule has 1 aromatic carbocycles. The fourth-order valence-corrected chi connectivity index (χ4v) is 1.79. The van der Waals surface area contributed by atoms with Crippen LogP contribution < -0.4 is 4.90 Å². The number of hydrogen-bond acceptors (Lipinski definition) is 2. The second kappa shape index (κ2) is 4.86. The standard InChI is InChI=1S/C13H15NO/c1-2-5-12-6-3-4-7-13(12)14-8-10-15-11-9-14/h3-4,6-7H,8-11H2,1H3. The minimum Gasteiger partial charge on any atom is -0.378 e. The molecule has 1 aromatic rings. The molecule has 1 aliphatic rings. The Bertz CT molecular complexity index is 383. The van der Waals surface area contributed by atoms with Gasteiger partial charge in [0.15, 0.2) is 0 Å². The molecule has 0 amide bonds. The van der Waals surface area contributed by atoms with Crippen LogP contribution in [0.3, 0.4) is 0 Å². The average molecular weight is 201 g/mol. The molecular formula is C13H15NO. The molecular weight excluding hydrogens is 186 g/mol. The topological polar surface area (TPSA) is 12.5 Å². The highest BCUT2D eigenvalue weighted by Gasteiger charge is 2.12. The monoisotopic (exact) mass is 201 g/mol.